The minimum atomic E-state index is -0.123. The summed E-state index contributed by atoms with van der Waals surface area (Å²) in [5, 5.41) is 9.06. The molecule has 0 aliphatic carbocycles. The van der Waals surface area contributed by atoms with Crippen LogP contribution in [0.5, 0.6) is 0 Å². The SMILES string of the molecule is Cc1nn(-c2ccccc2Cl)c2sc(C(=O)NCc3ccccn3)cc12. The number of nitrogens with zero attached hydrogens (tertiary/aromatic N) is 3. The lowest BCUT2D eigenvalue weighted by Crippen LogP contribution is -2.22. The maximum atomic E-state index is 12.5. The van der Waals surface area contributed by atoms with Crippen LogP contribution in [0, 0.1) is 6.92 Å². The van der Waals surface area contributed by atoms with E-state index in [1.165, 1.54) is 11.3 Å². The highest BCUT2D eigenvalue weighted by Gasteiger charge is 2.18. The molecule has 130 valence electrons. The topological polar surface area (TPSA) is 59.8 Å². The zero-order chi connectivity index (χ0) is 18.1. The molecule has 26 heavy (non-hydrogen) atoms. The summed E-state index contributed by atoms with van der Waals surface area (Å²) in [4.78, 5) is 18.3. The Labute approximate surface area is 159 Å². The number of halogens is 1. The van der Waals surface area contributed by atoms with Crippen molar-refractivity contribution in [1.29, 1.82) is 0 Å². The van der Waals surface area contributed by atoms with Crippen LogP contribution in [-0.4, -0.2) is 20.7 Å². The first-order chi connectivity index (χ1) is 12.6. The van der Waals surface area contributed by atoms with E-state index in [2.05, 4.69) is 15.4 Å². The molecule has 4 aromatic rings. The molecule has 0 aliphatic rings. The standard InChI is InChI=1S/C19H15ClN4OS/c1-12-14-10-17(18(25)22-11-13-6-4-5-9-21-13)26-19(14)24(23-12)16-8-3-2-7-15(16)20/h2-10H,11H2,1H3,(H,22,25). The van der Waals surface area contributed by atoms with Crippen LogP contribution in [0.15, 0.2) is 54.7 Å². The summed E-state index contributed by atoms with van der Waals surface area (Å²) < 4.78 is 1.80. The highest BCUT2D eigenvalue weighted by atomic mass is 35.5. The largest absolute Gasteiger partial charge is 0.346 e. The summed E-state index contributed by atoms with van der Waals surface area (Å²) in [5.41, 5.74) is 2.48. The van der Waals surface area contributed by atoms with Gasteiger partial charge in [-0.25, -0.2) is 4.68 Å². The molecule has 5 nitrogen and oxygen atoms in total. The number of thiophene rings is 1. The predicted octanol–water partition coefficient (Wildman–Crippen LogP) is 4.37. The Bertz CT molecular complexity index is 1090. The third-order valence-electron chi connectivity index (χ3n) is 4.01. The smallest absolute Gasteiger partial charge is 0.261 e. The molecule has 0 fully saturated rings. The van der Waals surface area contributed by atoms with E-state index < -0.39 is 0 Å². The second-order valence-electron chi connectivity index (χ2n) is 5.78. The van der Waals surface area contributed by atoms with Gasteiger partial charge in [-0.2, -0.15) is 5.10 Å². The number of hydrogen-bond donors (Lipinski definition) is 1. The molecule has 0 bridgehead atoms. The summed E-state index contributed by atoms with van der Waals surface area (Å²) in [7, 11) is 0. The van der Waals surface area contributed by atoms with Gasteiger partial charge in [0.15, 0.2) is 0 Å². The molecule has 1 aromatic carbocycles. The lowest BCUT2D eigenvalue weighted by molar-refractivity contribution is 0.0954. The third-order valence-corrected chi connectivity index (χ3v) is 5.43. The normalized spacial score (nSPS) is 11.0. The summed E-state index contributed by atoms with van der Waals surface area (Å²) in [6, 6.07) is 15.0. The first kappa shape index (κ1) is 16.8. The first-order valence-electron chi connectivity index (χ1n) is 8.05. The molecule has 0 radical (unpaired) electrons. The number of aryl methyl sites for hydroxylation is 1. The Hall–Kier alpha value is -2.70. The van der Waals surface area contributed by atoms with Crippen LogP contribution >= 0.6 is 22.9 Å². The van der Waals surface area contributed by atoms with Gasteiger partial charge < -0.3 is 5.32 Å². The number of fused-ring (bicyclic) bond motifs is 1. The Morgan fingerprint density at radius 1 is 1.23 bits per heavy atom. The van der Waals surface area contributed by atoms with Crippen LogP contribution in [0.3, 0.4) is 0 Å². The maximum absolute atomic E-state index is 12.5. The lowest BCUT2D eigenvalue weighted by atomic mass is 10.3. The van der Waals surface area contributed by atoms with Crippen molar-refractivity contribution in [2.24, 2.45) is 0 Å². The highest BCUT2D eigenvalue weighted by molar-refractivity contribution is 7.20. The van der Waals surface area contributed by atoms with Gasteiger partial charge in [0, 0.05) is 11.6 Å². The van der Waals surface area contributed by atoms with E-state index in [1.807, 2.05) is 55.5 Å². The molecular formula is C19H15ClN4OS. The molecule has 4 rings (SSSR count). The van der Waals surface area contributed by atoms with Gasteiger partial charge in [-0.1, -0.05) is 29.8 Å². The van der Waals surface area contributed by atoms with Crippen molar-refractivity contribution in [3.8, 4) is 5.69 Å². The minimum absolute atomic E-state index is 0.123. The van der Waals surface area contributed by atoms with Crippen LogP contribution in [0.25, 0.3) is 15.9 Å². The van der Waals surface area contributed by atoms with Crippen molar-refractivity contribution >= 4 is 39.1 Å². The van der Waals surface area contributed by atoms with Crippen molar-refractivity contribution in [1.82, 2.24) is 20.1 Å². The van der Waals surface area contributed by atoms with Crippen LogP contribution in [0.1, 0.15) is 21.1 Å². The predicted molar refractivity (Wildman–Crippen MR) is 104 cm³/mol. The number of benzene rings is 1. The second kappa shape index (κ2) is 6.90. The monoisotopic (exact) mass is 382 g/mol. The molecule has 7 heteroatoms. The summed E-state index contributed by atoms with van der Waals surface area (Å²) >= 11 is 7.71. The number of rotatable bonds is 4. The molecule has 3 heterocycles. The fourth-order valence-electron chi connectivity index (χ4n) is 2.71. The van der Waals surface area contributed by atoms with E-state index in [-0.39, 0.29) is 5.91 Å². The van der Waals surface area contributed by atoms with Crippen LogP contribution < -0.4 is 5.32 Å². The molecule has 1 N–H and O–H groups in total. The molecular weight excluding hydrogens is 368 g/mol. The van der Waals surface area contributed by atoms with Crippen molar-refractivity contribution in [2.45, 2.75) is 13.5 Å². The third kappa shape index (κ3) is 3.09. The number of carbonyl (C=O) groups excluding carboxylic acids is 1. The zero-order valence-electron chi connectivity index (χ0n) is 13.9. The number of para-hydroxylation sites is 1. The Balaban J connectivity index is 1.65. The van der Waals surface area contributed by atoms with Crippen LogP contribution in [0.4, 0.5) is 0 Å². The summed E-state index contributed by atoms with van der Waals surface area (Å²) in [6.07, 6.45) is 1.71. The lowest BCUT2D eigenvalue weighted by Gasteiger charge is -2.04. The van der Waals surface area contributed by atoms with Gasteiger partial charge in [0.2, 0.25) is 0 Å². The molecule has 0 saturated carbocycles. The van der Waals surface area contributed by atoms with E-state index in [1.54, 1.807) is 10.9 Å². The van der Waals surface area contributed by atoms with E-state index >= 15 is 0 Å². The van der Waals surface area contributed by atoms with Gasteiger partial charge in [0.25, 0.3) is 5.91 Å². The molecule has 3 aromatic heterocycles. The van der Waals surface area contributed by atoms with Gasteiger partial charge in [-0.15, -0.1) is 11.3 Å². The zero-order valence-corrected chi connectivity index (χ0v) is 15.5. The fraction of sp³-hybridized carbons (Fsp3) is 0.105. The molecule has 0 atom stereocenters. The van der Waals surface area contributed by atoms with Gasteiger partial charge in [0.05, 0.1) is 33.5 Å². The van der Waals surface area contributed by atoms with Crippen molar-refractivity contribution < 1.29 is 4.79 Å². The number of carbonyl (C=O) groups is 1. The number of aromatic nitrogens is 3. The van der Waals surface area contributed by atoms with Gasteiger partial charge in [-0.05, 0) is 37.3 Å². The fourth-order valence-corrected chi connectivity index (χ4v) is 4.01. The highest BCUT2D eigenvalue weighted by Crippen LogP contribution is 2.32. The number of hydrogen-bond acceptors (Lipinski definition) is 4. The minimum Gasteiger partial charge on any atom is -0.346 e. The average Bonchev–Trinajstić information content (AvgIpc) is 3.22. The van der Waals surface area contributed by atoms with E-state index in [0.717, 1.165) is 27.3 Å². The Morgan fingerprint density at radius 2 is 2.04 bits per heavy atom. The Morgan fingerprint density at radius 3 is 2.81 bits per heavy atom. The first-order valence-corrected chi connectivity index (χ1v) is 9.25. The van der Waals surface area contributed by atoms with E-state index in [9.17, 15) is 4.79 Å². The molecule has 0 aliphatic heterocycles. The second-order valence-corrected chi connectivity index (χ2v) is 7.22. The quantitative estimate of drug-likeness (QED) is 0.570. The van der Waals surface area contributed by atoms with Crippen molar-refractivity contribution in [2.75, 3.05) is 0 Å². The molecule has 0 saturated heterocycles. The van der Waals surface area contributed by atoms with E-state index in [4.69, 9.17) is 11.6 Å². The van der Waals surface area contributed by atoms with Crippen LogP contribution in [-0.2, 0) is 6.54 Å². The number of nitrogens with one attached hydrogen (secondary N) is 1. The van der Waals surface area contributed by atoms with Crippen molar-refractivity contribution in [3.63, 3.8) is 0 Å². The summed E-state index contributed by atoms with van der Waals surface area (Å²) in [6.45, 7) is 2.32. The average molecular weight is 383 g/mol. The number of amides is 1. The Kier molecular flexibility index (Phi) is 4.44. The number of pyridine rings is 1. The van der Waals surface area contributed by atoms with Crippen LogP contribution in [0.2, 0.25) is 5.02 Å². The molecule has 1 amide bonds. The maximum Gasteiger partial charge on any atom is 0.261 e. The van der Waals surface area contributed by atoms with E-state index in [0.29, 0.717) is 16.4 Å². The molecule has 0 spiro atoms. The van der Waals surface area contributed by atoms with Gasteiger partial charge in [-0.3, -0.25) is 9.78 Å². The molecule has 0 unspecified atom stereocenters. The van der Waals surface area contributed by atoms with Gasteiger partial charge >= 0.3 is 0 Å². The summed E-state index contributed by atoms with van der Waals surface area (Å²) in [5.74, 6) is -0.123. The van der Waals surface area contributed by atoms with Gasteiger partial charge in [0.1, 0.15) is 4.83 Å². The van der Waals surface area contributed by atoms with Crippen molar-refractivity contribution in [3.05, 3.63) is 76.0 Å².